The first-order valence-corrected chi connectivity index (χ1v) is 7.69. The molecule has 1 atom stereocenters. The number of benzene rings is 1. The zero-order valence-electron chi connectivity index (χ0n) is 13.3. The summed E-state index contributed by atoms with van der Waals surface area (Å²) in [5, 5.41) is 9.63. The summed E-state index contributed by atoms with van der Waals surface area (Å²) < 4.78 is 0. The van der Waals surface area contributed by atoms with E-state index in [0.717, 1.165) is 12.0 Å². The van der Waals surface area contributed by atoms with Crippen molar-refractivity contribution in [2.75, 3.05) is 5.73 Å². The minimum atomic E-state index is 0.0717. The fourth-order valence-electron chi connectivity index (χ4n) is 4.22. The van der Waals surface area contributed by atoms with Crippen molar-refractivity contribution >= 4 is 5.69 Å². The molecule has 1 aliphatic carbocycles. The van der Waals surface area contributed by atoms with Crippen LogP contribution in [0.25, 0.3) is 0 Å². The third-order valence-corrected chi connectivity index (χ3v) is 5.43. The number of hydrogen-bond acceptors (Lipinski definition) is 2. The van der Waals surface area contributed by atoms with Crippen LogP contribution >= 0.6 is 0 Å². The van der Waals surface area contributed by atoms with Gasteiger partial charge >= 0.3 is 0 Å². The second-order valence-electron chi connectivity index (χ2n) is 6.90. The Bertz CT molecular complexity index is 541. The Morgan fingerprint density at radius 1 is 1.25 bits per heavy atom. The Morgan fingerprint density at radius 3 is 2.35 bits per heavy atom. The summed E-state index contributed by atoms with van der Waals surface area (Å²) in [6.45, 7) is 11.4. The van der Waals surface area contributed by atoms with Crippen LogP contribution < -0.4 is 5.73 Å². The highest BCUT2D eigenvalue weighted by atomic mass is 14.6. The maximum Gasteiger partial charge on any atom is 0.102 e. The second-order valence-corrected chi connectivity index (χ2v) is 6.90. The molecule has 1 aromatic carbocycles. The van der Waals surface area contributed by atoms with Crippen molar-refractivity contribution in [2.45, 2.75) is 58.8 Å². The van der Waals surface area contributed by atoms with Crippen LogP contribution in [0.1, 0.15) is 70.1 Å². The molecule has 0 saturated heterocycles. The molecule has 0 spiro atoms. The van der Waals surface area contributed by atoms with E-state index in [1.54, 1.807) is 0 Å². The van der Waals surface area contributed by atoms with Crippen molar-refractivity contribution in [2.24, 2.45) is 11.8 Å². The number of anilines is 1. The first kappa shape index (κ1) is 14.9. The molecule has 0 saturated carbocycles. The lowest BCUT2D eigenvalue weighted by Crippen LogP contribution is -2.42. The molecule has 1 aromatic rings. The van der Waals surface area contributed by atoms with Gasteiger partial charge in [0, 0.05) is 11.1 Å². The van der Waals surface area contributed by atoms with Crippen molar-refractivity contribution in [3.63, 3.8) is 0 Å². The van der Waals surface area contributed by atoms with E-state index in [9.17, 15) is 5.26 Å². The van der Waals surface area contributed by atoms with E-state index < -0.39 is 0 Å². The van der Waals surface area contributed by atoms with Gasteiger partial charge in [0.15, 0.2) is 0 Å². The Hall–Kier alpha value is -1.49. The number of hydrogen-bond donors (Lipinski definition) is 1. The molecule has 0 amide bonds. The van der Waals surface area contributed by atoms with Gasteiger partial charge in [-0.1, -0.05) is 40.7 Å². The second kappa shape index (κ2) is 5.13. The number of nitrogens with two attached hydrogens (primary N) is 1. The van der Waals surface area contributed by atoms with Crippen LogP contribution in [0.5, 0.6) is 0 Å². The van der Waals surface area contributed by atoms with Crippen LogP contribution in [0, 0.1) is 23.2 Å². The highest BCUT2D eigenvalue weighted by molar-refractivity contribution is 5.64. The molecule has 1 unspecified atom stereocenters. The molecule has 0 heterocycles. The standard InChI is InChI=1S/C18H26N2/c1-11(2)18(12(3)4)9-8-13(5)14-6-7-16(20)15(10-19)17(14)18/h6-7,11-13H,8-9,20H2,1-5H3. The van der Waals surface area contributed by atoms with Gasteiger partial charge in [-0.15, -0.1) is 0 Å². The molecule has 20 heavy (non-hydrogen) atoms. The minimum Gasteiger partial charge on any atom is -0.398 e. The van der Waals surface area contributed by atoms with E-state index in [4.69, 9.17) is 5.73 Å². The number of nitrogens with zero attached hydrogens (tertiary/aromatic N) is 1. The maximum atomic E-state index is 9.63. The van der Waals surface area contributed by atoms with Crippen LogP contribution in [0.4, 0.5) is 5.69 Å². The summed E-state index contributed by atoms with van der Waals surface area (Å²) in [7, 11) is 0. The summed E-state index contributed by atoms with van der Waals surface area (Å²) in [6.07, 6.45) is 2.34. The molecular weight excluding hydrogens is 244 g/mol. The van der Waals surface area contributed by atoms with Gasteiger partial charge in [0.2, 0.25) is 0 Å². The minimum absolute atomic E-state index is 0.0717. The molecule has 0 radical (unpaired) electrons. The van der Waals surface area contributed by atoms with Crippen molar-refractivity contribution in [3.8, 4) is 6.07 Å². The highest BCUT2D eigenvalue weighted by Gasteiger charge is 2.45. The van der Waals surface area contributed by atoms with Crippen molar-refractivity contribution in [1.29, 1.82) is 5.26 Å². The monoisotopic (exact) mass is 270 g/mol. The van der Waals surface area contributed by atoms with E-state index in [1.807, 2.05) is 6.07 Å². The average molecular weight is 270 g/mol. The first-order valence-electron chi connectivity index (χ1n) is 7.69. The fourth-order valence-corrected chi connectivity index (χ4v) is 4.22. The van der Waals surface area contributed by atoms with Crippen molar-refractivity contribution in [1.82, 2.24) is 0 Å². The van der Waals surface area contributed by atoms with Gasteiger partial charge in [0.1, 0.15) is 6.07 Å². The number of rotatable bonds is 2. The summed E-state index contributed by atoms with van der Waals surface area (Å²) in [6, 6.07) is 6.44. The van der Waals surface area contributed by atoms with Crippen LogP contribution in [0.2, 0.25) is 0 Å². The quantitative estimate of drug-likeness (QED) is 0.799. The number of fused-ring (bicyclic) bond motifs is 1. The SMILES string of the molecule is CC1CCC(C(C)C)(C(C)C)c2c1ccc(N)c2C#N. The van der Waals surface area contributed by atoms with Gasteiger partial charge < -0.3 is 5.73 Å². The lowest BCUT2D eigenvalue weighted by atomic mass is 9.56. The zero-order chi connectivity index (χ0) is 15.1. The van der Waals surface area contributed by atoms with Gasteiger partial charge in [-0.05, 0) is 47.8 Å². The van der Waals surface area contributed by atoms with E-state index in [0.29, 0.717) is 23.4 Å². The molecule has 0 aromatic heterocycles. The fraction of sp³-hybridized carbons (Fsp3) is 0.611. The molecule has 2 N–H and O–H groups in total. The molecule has 0 fully saturated rings. The molecule has 0 bridgehead atoms. The van der Waals surface area contributed by atoms with Crippen LogP contribution in [0.15, 0.2) is 12.1 Å². The van der Waals surface area contributed by atoms with Crippen molar-refractivity contribution in [3.05, 3.63) is 28.8 Å². The van der Waals surface area contributed by atoms with E-state index in [2.05, 4.69) is 46.8 Å². The predicted molar refractivity (Wildman–Crippen MR) is 84.6 cm³/mol. The molecule has 2 heteroatoms. The highest BCUT2D eigenvalue weighted by Crippen LogP contribution is 2.53. The zero-order valence-corrected chi connectivity index (χ0v) is 13.3. The lowest BCUT2D eigenvalue weighted by Gasteiger charge is -2.48. The van der Waals surface area contributed by atoms with Crippen molar-refractivity contribution < 1.29 is 0 Å². The molecule has 0 aliphatic heterocycles. The third-order valence-electron chi connectivity index (χ3n) is 5.43. The molecule has 2 rings (SSSR count). The van der Waals surface area contributed by atoms with Gasteiger partial charge in [-0.3, -0.25) is 0 Å². The molecule has 2 nitrogen and oxygen atoms in total. The Kier molecular flexibility index (Phi) is 3.82. The summed E-state index contributed by atoms with van der Waals surface area (Å²) in [5.41, 5.74) is 10.1. The Labute approximate surface area is 123 Å². The van der Waals surface area contributed by atoms with E-state index in [-0.39, 0.29) is 5.41 Å². The average Bonchev–Trinajstić information content (AvgIpc) is 2.38. The number of nitriles is 1. The molecule has 108 valence electrons. The number of nitrogen functional groups attached to an aromatic ring is 1. The predicted octanol–water partition coefficient (Wildman–Crippen LogP) is 4.59. The lowest BCUT2D eigenvalue weighted by molar-refractivity contribution is 0.178. The van der Waals surface area contributed by atoms with E-state index >= 15 is 0 Å². The van der Waals surface area contributed by atoms with Crippen LogP contribution in [-0.2, 0) is 5.41 Å². The smallest absolute Gasteiger partial charge is 0.102 e. The Balaban J connectivity index is 2.84. The van der Waals surface area contributed by atoms with Gasteiger partial charge in [0.25, 0.3) is 0 Å². The van der Waals surface area contributed by atoms with Gasteiger partial charge in [-0.2, -0.15) is 5.26 Å². The molecular formula is C18H26N2. The first-order chi connectivity index (χ1) is 9.36. The van der Waals surface area contributed by atoms with Gasteiger partial charge in [-0.25, -0.2) is 0 Å². The summed E-state index contributed by atoms with van der Waals surface area (Å²) in [5.74, 6) is 1.52. The maximum absolute atomic E-state index is 9.63. The van der Waals surface area contributed by atoms with Gasteiger partial charge in [0.05, 0.1) is 5.56 Å². The molecule has 1 aliphatic rings. The van der Waals surface area contributed by atoms with Crippen LogP contribution in [0.3, 0.4) is 0 Å². The largest absolute Gasteiger partial charge is 0.398 e. The normalized spacial score (nSPS) is 20.8. The topological polar surface area (TPSA) is 49.8 Å². The Morgan fingerprint density at radius 2 is 1.85 bits per heavy atom. The van der Waals surface area contributed by atoms with E-state index in [1.165, 1.54) is 17.5 Å². The summed E-state index contributed by atoms with van der Waals surface area (Å²) >= 11 is 0. The third kappa shape index (κ3) is 1.92. The summed E-state index contributed by atoms with van der Waals surface area (Å²) in [4.78, 5) is 0. The van der Waals surface area contributed by atoms with Crippen LogP contribution in [-0.4, -0.2) is 0 Å².